The van der Waals surface area contributed by atoms with E-state index < -0.39 is 0 Å². The largest absolute Gasteiger partial charge is 0.316 e. The average molecular weight is 158 g/mol. The molecule has 1 N–H and O–H groups in total. The first-order chi connectivity index (χ1) is 5.16. The predicted molar refractivity (Wildman–Crippen MR) is 45.2 cm³/mol. The molecular formula is C8H18N2O. The molecule has 0 aromatic heterocycles. The van der Waals surface area contributed by atoms with Gasteiger partial charge >= 0.3 is 0 Å². The van der Waals surface area contributed by atoms with Gasteiger partial charge in [-0.2, -0.15) is 5.06 Å². The number of hydrogen-bond acceptors (Lipinski definition) is 3. The lowest BCUT2D eigenvalue weighted by atomic mass is 9.90. The number of rotatable bonds is 3. The van der Waals surface area contributed by atoms with Gasteiger partial charge in [-0.1, -0.05) is 6.92 Å². The molecule has 1 heterocycles. The summed E-state index contributed by atoms with van der Waals surface area (Å²) in [7, 11) is 3.69. The molecule has 1 fully saturated rings. The Labute approximate surface area is 68.7 Å². The molecule has 0 bridgehead atoms. The van der Waals surface area contributed by atoms with Crippen LogP contribution in [0, 0.1) is 5.41 Å². The minimum absolute atomic E-state index is 0.408. The Morgan fingerprint density at radius 3 is 2.82 bits per heavy atom. The minimum atomic E-state index is 0.408. The molecular weight excluding hydrogens is 140 g/mol. The van der Waals surface area contributed by atoms with E-state index in [1.165, 1.54) is 6.42 Å². The van der Waals surface area contributed by atoms with Crippen LogP contribution in [0.15, 0.2) is 0 Å². The maximum atomic E-state index is 5.08. The quantitative estimate of drug-likeness (QED) is 0.605. The second-order valence-corrected chi connectivity index (χ2v) is 3.71. The Kier molecular flexibility index (Phi) is 2.87. The summed E-state index contributed by atoms with van der Waals surface area (Å²) >= 11 is 0. The van der Waals surface area contributed by atoms with E-state index >= 15 is 0 Å². The Morgan fingerprint density at radius 2 is 2.36 bits per heavy atom. The zero-order chi connectivity index (χ0) is 8.32. The molecule has 1 aliphatic heterocycles. The maximum Gasteiger partial charge on any atom is 0.0575 e. The van der Waals surface area contributed by atoms with Crippen LogP contribution in [0.25, 0.3) is 0 Å². The third kappa shape index (κ3) is 2.43. The van der Waals surface area contributed by atoms with Crippen LogP contribution in [0.2, 0.25) is 0 Å². The van der Waals surface area contributed by atoms with E-state index in [0.717, 1.165) is 19.6 Å². The predicted octanol–water partition coefficient (Wildman–Crippen LogP) is 0.479. The van der Waals surface area contributed by atoms with Crippen LogP contribution in [0.3, 0.4) is 0 Å². The highest BCUT2D eigenvalue weighted by molar-refractivity contribution is 4.84. The summed E-state index contributed by atoms with van der Waals surface area (Å²) in [5, 5.41) is 5.26. The Hall–Kier alpha value is -0.120. The van der Waals surface area contributed by atoms with Gasteiger partial charge in [0.25, 0.3) is 0 Å². The molecule has 3 nitrogen and oxygen atoms in total. The van der Waals surface area contributed by atoms with Crippen molar-refractivity contribution in [2.75, 3.05) is 33.8 Å². The molecule has 1 unspecified atom stereocenters. The first-order valence-corrected chi connectivity index (χ1v) is 4.12. The average Bonchev–Trinajstić information content (AvgIpc) is 2.36. The molecule has 0 aromatic rings. The van der Waals surface area contributed by atoms with Gasteiger partial charge in [0.15, 0.2) is 0 Å². The van der Waals surface area contributed by atoms with E-state index in [2.05, 4.69) is 12.2 Å². The van der Waals surface area contributed by atoms with Crippen LogP contribution < -0.4 is 5.32 Å². The van der Waals surface area contributed by atoms with E-state index in [1.807, 2.05) is 12.1 Å². The van der Waals surface area contributed by atoms with Crippen molar-refractivity contribution in [3.8, 4) is 0 Å². The highest BCUT2D eigenvalue weighted by Crippen LogP contribution is 2.24. The summed E-state index contributed by atoms with van der Waals surface area (Å²) < 4.78 is 0. The van der Waals surface area contributed by atoms with Gasteiger partial charge < -0.3 is 10.2 Å². The second kappa shape index (κ2) is 3.52. The summed E-state index contributed by atoms with van der Waals surface area (Å²) in [5.41, 5.74) is 0.408. The number of nitrogens with one attached hydrogen (secondary N) is 1. The Balaban J connectivity index is 2.33. The number of hydrogen-bond donors (Lipinski definition) is 1. The standard InChI is InChI=1S/C8H18N2O/c1-8(4-5-9-6-8)7-10(2)11-3/h9H,4-7H2,1-3H3. The fraction of sp³-hybridized carbons (Fsp3) is 1.00. The van der Waals surface area contributed by atoms with E-state index in [0.29, 0.717) is 5.41 Å². The molecule has 0 aliphatic carbocycles. The molecule has 3 heteroatoms. The lowest BCUT2D eigenvalue weighted by molar-refractivity contribution is -0.127. The van der Waals surface area contributed by atoms with Crippen molar-refractivity contribution in [3.63, 3.8) is 0 Å². The first kappa shape index (κ1) is 8.97. The first-order valence-electron chi connectivity index (χ1n) is 4.12. The van der Waals surface area contributed by atoms with Gasteiger partial charge in [-0.3, -0.25) is 0 Å². The van der Waals surface area contributed by atoms with Gasteiger partial charge in [0.05, 0.1) is 7.11 Å². The molecule has 0 radical (unpaired) electrons. The summed E-state index contributed by atoms with van der Waals surface area (Å²) in [6.45, 7) is 5.56. The lowest BCUT2D eigenvalue weighted by Crippen LogP contribution is -2.34. The van der Waals surface area contributed by atoms with Gasteiger partial charge in [-0.15, -0.1) is 0 Å². The third-order valence-electron chi connectivity index (χ3n) is 2.37. The SMILES string of the molecule is CON(C)CC1(C)CCNC1. The van der Waals surface area contributed by atoms with Crippen molar-refractivity contribution in [1.29, 1.82) is 0 Å². The maximum absolute atomic E-state index is 5.08. The lowest BCUT2D eigenvalue weighted by Gasteiger charge is -2.27. The Morgan fingerprint density at radius 1 is 1.64 bits per heavy atom. The van der Waals surface area contributed by atoms with Gasteiger partial charge in [0.2, 0.25) is 0 Å². The molecule has 0 spiro atoms. The molecule has 0 aromatic carbocycles. The molecule has 1 rings (SSSR count). The second-order valence-electron chi connectivity index (χ2n) is 3.71. The van der Waals surface area contributed by atoms with Gasteiger partial charge in [0, 0.05) is 20.1 Å². The van der Waals surface area contributed by atoms with Crippen LogP contribution in [-0.4, -0.2) is 38.9 Å². The summed E-state index contributed by atoms with van der Waals surface area (Å²) in [6.07, 6.45) is 1.25. The smallest absolute Gasteiger partial charge is 0.0575 e. The van der Waals surface area contributed by atoms with Gasteiger partial charge in [0.1, 0.15) is 0 Å². The van der Waals surface area contributed by atoms with Crippen LogP contribution in [0.4, 0.5) is 0 Å². The molecule has 66 valence electrons. The van der Waals surface area contributed by atoms with Crippen LogP contribution >= 0.6 is 0 Å². The van der Waals surface area contributed by atoms with Gasteiger partial charge in [-0.05, 0) is 18.4 Å². The van der Waals surface area contributed by atoms with Crippen molar-refractivity contribution < 1.29 is 4.84 Å². The topological polar surface area (TPSA) is 24.5 Å². The van der Waals surface area contributed by atoms with Crippen molar-refractivity contribution in [2.45, 2.75) is 13.3 Å². The molecule has 1 aliphatic rings. The summed E-state index contributed by atoms with van der Waals surface area (Å²) in [4.78, 5) is 5.08. The van der Waals surface area contributed by atoms with Crippen LogP contribution in [0.5, 0.6) is 0 Å². The highest BCUT2D eigenvalue weighted by Gasteiger charge is 2.29. The summed E-state index contributed by atoms with van der Waals surface area (Å²) in [6, 6.07) is 0. The monoisotopic (exact) mass is 158 g/mol. The zero-order valence-corrected chi connectivity index (χ0v) is 7.68. The van der Waals surface area contributed by atoms with Crippen molar-refractivity contribution >= 4 is 0 Å². The van der Waals surface area contributed by atoms with Crippen molar-refractivity contribution in [3.05, 3.63) is 0 Å². The normalized spacial score (nSPS) is 31.6. The highest BCUT2D eigenvalue weighted by atomic mass is 16.7. The number of hydroxylamine groups is 2. The van der Waals surface area contributed by atoms with Crippen molar-refractivity contribution in [2.24, 2.45) is 5.41 Å². The van der Waals surface area contributed by atoms with E-state index in [4.69, 9.17) is 4.84 Å². The minimum Gasteiger partial charge on any atom is -0.316 e. The van der Waals surface area contributed by atoms with Crippen molar-refractivity contribution in [1.82, 2.24) is 10.4 Å². The fourth-order valence-corrected chi connectivity index (χ4v) is 1.61. The van der Waals surface area contributed by atoms with E-state index in [1.54, 1.807) is 7.11 Å². The molecule has 1 saturated heterocycles. The number of nitrogens with zero attached hydrogens (tertiary/aromatic N) is 1. The van der Waals surface area contributed by atoms with Gasteiger partial charge in [-0.25, -0.2) is 0 Å². The van der Waals surface area contributed by atoms with E-state index in [9.17, 15) is 0 Å². The molecule has 11 heavy (non-hydrogen) atoms. The van der Waals surface area contributed by atoms with Crippen LogP contribution in [0.1, 0.15) is 13.3 Å². The summed E-state index contributed by atoms with van der Waals surface area (Å²) in [5.74, 6) is 0. The molecule has 1 atom stereocenters. The van der Waals surface area contributed by atoms with Crippen LogP contribution in [-0.2, 0) is 4.84 Å². The zero-order valence-electron chi connectivity index (χ0n) is 7.68. The molecule has 0 amide bonds. The molecule has 0 saturated carbocycles. The fourth-order valence-electron chi connectivity index (χ4n) is 1.61. The van der Waals surface area contributed by atoms with E-state index in [-0.39, 0.29) is 0 Å². The third-order valence-corrected chi connectivity index (χ3v) is 2.37. The Bertz CT molecular complexity index is 121.